The first-order chi connectivity index (χ1) is 10.3. The van der Waals surface area contributed by atoms with Gasteiger partial charge in [-0.15, -0.1) is 0 Å². The minimum atomic E-state index is 0.122. The van der Waals surface area contributed by atoms with Gasteiger partial charge < -0.3 is 15.5 Å². The Morgan fingerprint density at radius 2 is 2.19 bits per heavy atom. The summed E-state index contributed by atoms with van der Waals surface area (Å²) >= 11 is 0. The first-order valence-corrected chi connectivity index (χ1v) is 6.73. The number of fused-ring (bicyclic) bond motifs is 1. The van der Waals surface area contributed by atoms with E-state index < -0.39 is 0 Å². The number of hydrogen-bond donors (Lipinski definition) is 2. The molecule has 3 N–H and O–H groups in total. The van der Waals surface area contributed by atoms with Crippen molar-refractivity contribution in [3.63, 3.8) is 0 Å². The van der Waals surface area contributed by atoms with Gasteiger partial charge in [-0.25, -0.2) is 0 Å². The molecule has 0 spiro atoms. The maximum absolute atomic E-state index is 8.78. The lowest BCUT2D eigenvalue weighted by molar-refractivity contribution is 0.318. The second kappa shape index (κ2) is 5.66. The van der Waals surface area contributed by atoms with Crippen molar-refractivity contribution >= 4 is 16.7 Å². The van der Waals surface area contributed by atoms with Crippen molar-refractivity contribution in [2.45, 2.75) is 13.0 Å². The molecule has 0 atom stereocenters. The Kier molecular flexibility index (Phi) is 3.55. The van der Waals surface area contributed by atoms with E-state index in [0.29, 0.717) is 5.56 Å². The molecule has 0 bridgehead atoms. The van der Waals surface area contributed by atoms with Crippen molar-refractivity contribution in [3.05, 3.63) is 66.1 Å². The van der Waals surface area contributed by atoms with Crippen LogP contribution in [-0.2, 0) is 13.0 Å². The van der Waals surface area contributed by atoms with Gasteiger partial charge in [-0.2, -0.15) is 0 Å². The second-order valence-electron chi connectivity index (χ2n) is 4.88. The van der Waals surface area contributed by atoms with Crippen LogP contribution in [0.2, 0.25) is 0 Å². The summed E-state index contributed by atoms with van der Waals surface area (Å²) in [6.07, 6.45) is 6.62. The minimum absolute atomic E-state index is 0.122. The third-order valence-corrected chi connectivity index (χ3v) is 3.54. The summed E-state index contributed by atoms with van der Waals surface area (Å²) in [5, 5.41) is 13.0. The normalized spacial score (nSPS) is 11.9. The molecule has 0 unspecified atom stereocenters. The SMILES string of the molecule is N/C(=N/O)c1ccc2ccn(CCc3cccnc3)c2c1. The van der Waals surface area contributed by atoms with Gasteiger partial charge in [0, 0.05) is 36.2 Å². The predicted molar refractivity (Wildman–Crippen MR) is 82.4 cm³/mol. The molecular formula is C16H16N4O. The summed E-state index contributed by atoms with van der Waals surface area (Å²) in [7, 11) is 0. The Labute approximate surface area is 122 Å². The maximum atomic E-state index is 8.78. The van der Waals surface area contributed by atoms with Crippen LogP contribution in [0.4, 0.5) is 0 Å². The summed E-state index contributed by atoms with van der Waals surface area (Å²) < 4.78 is 2.16. The van der Waals surface area contributed by atoms with E-state index >= 15 is 0 Å². The smallest absolute Gasteiger partial charge is 0.170 e. The fourth-order valence-corrected chi connectivity index (χ4v) is 2.39. The topological polar surface area (TPSA) is 76.4 Å². The number of nitrogens with zero attached hydrogens (tertiary/aromatic N) is 3. The zero-order valence-electron chi connectivity index (χ0n) is 11.5. The lowest BCUT2D eigenvalue weighted by atomic mass is 10.1. The van der Waals surface area contributed by atoms with E-state index in [9.17, 15) is 0 Å². The Hall–Kier alpha value is -2.82. The average Bonchev–Trinajstić information content (AvgIpc) is 2.95. The van der Waals surface area contributed by atoms with Crippen molar-refractivity contribution in [2.75, 3.05) is 0 Å². The molecule has 0 aliphatic rings. The molecule has 5 heteroatoms. The highest BCUT2D eigenvalue weighted by molar-refractivity contribution is 6.00. The van der Waals surface area contributed by atoms with Crippen molar-refractivity contribution in [3.8, 4) is 0 Å². The maximum Gasteiger partial charge on any atom is 0.170 e. The monoisotopic (exact) mass is 280 g/mol. The number of rotatable bonds is 4. The molecule has 0 aliphatic carbocycles. The van der Waals surface area contributed by atoms with E-state index in [1.54, 1.807) is 6.20 Å². The minimum Gasteiger partial charge on any atom is -0.409 e. The highest BCUT2D eigenvalue weighted by Crippen LogP contribution is 2.18. The van der Waals surface area contributed by atoms with Gasteiger partial charge in [0.15, 0.2) is 5.84 Å². The van der Waals surface area contributed by atoms with Crippen molar-refractivity contribution in [2.24, 2.45) is 10.9 Å². The molecule has 0 aliphatic heterocycles. The van der Waals surface area contributed by atoms with E-state index in [4.69, 9.17) is 10.9 Å². The number of aryl methyl sites for hydroxylation is 2. The van der Waals surface area contributed by atoms with Crippen LogP contribution in [0, 0.1) is 0 Å². The standard InChI is InChI=1S/C16H16N4O/c17-16(19-21)14-4-3-13-6-9-20(15(13)10-14)8-5-12-2-1-7-18-11-12/h1-4,6-7,9-11,21H,5,8H2,(H2,17,19). The van der Waals surface area contributed by atoms with Crippen LogP contribution in [0.3, 0.4) is 0 Å². The number of oxime groups is 1. The molecule has 0 fully saturated rings. The summed E-state index contributed by atoms with van der Waals surface area (Å²) in [5.74, 6) is 0.122. The molecular weight excluding hydrogens is 264 g/mol. The highest BCUT2D eigenvalue weighted by atomic mass is 16.4. The van der Waals surface area contributed by atoms with Crippen molar-refractivity contribution in [1.82, 2.24) is 9.55 Å². The van der Waals surface area contributed by atoms with E-state index in [1.165, 1.54) is 5.56 Å². The van der Waals surface area contributed by atoms with Crippen LogP contribution in [0.15, 0.2) is 60.1 Å². The highest BCUT2D eigenvalue weighted by Gasteiger charge is 2.05. The number of aromatic nitrogens is 2. The second-order valence-corrected chi connectivity index (χ2v) is 4.88. The lowest BCUT2D eigenvalue weighted by Gasteiger charge is -2.07. The van der Waals surface area contributed by atoms with Crippen LogP contribution in [0.25, 0.3) is 10.9 Å². The molecule has 0 saturated carbocycles. The van der Waals surface area contributed by atoms with E-state index in [0.717, 1.165) is 23.9 Å². The van der Waals surface area contributed by atoms with Crippen molar-refractivity contribution < 1.29 is 5.21 Å². The molecule has 2 aromatic heterocycles. The Bertz CT molecular complexity index is 777. The molecule has 3 rings (SSSR count). The number of pyridine rings is 1. The predicted octanol–water partition coefficient (Wildman–Crippen LogP) is 2.37. The lowest BCUT2D eigenvalue weighted by Crippen LogP contribution is -2.13. The fourth-order valence-electron chi connectivity index (χ4n) is 2.39. The number of hydrogen-bond acceptors (Lipinski definition) is 3. The quantitative estimate of drug-likeness (QED) is 0.333. The van der Waals surface area contributed by atoms with Gasteiger partial charge in [-0.05, 0) is 35.6 Å². The Morgan fingerprint density at radius 1 is 1.29 bits per heavy atom. The fraction of sp³-hybridized carbons (Fsp3) is 0.125. The molecule has 106 valence electrons. The van der Waals surface area contributed by atoms with Gasteiger partial charge in [-0.1, -0.05) is 23.4 Å². The molecule has 5 nitrogen and oxygen atoms in total. The van der Waals surface area contributed by atoms with Gasteiger partial charge >= 0.3 is 0 Å². The first kappa shape index (κ1) is 13.2. The summed E-state index contributed by atoms with van der Waals surface area (Å²) in [4.78, 5) is 4.13. The van der Waals surface area contributed by atoms with Gasteiger partial charge in [0.05, 0.1) is 0 Å². The Morgan fingerprint density at radius 3 is 2.95 bits per heavy atom. The molecule has 3 aromatic rings. The molecule has 1 aromatic carbocycles. The third-order valence-electron chi connectivity index (χ3n) is 3.54. The van der Waals surface area contributed by atoms with Crippen molar-refractivity contribution in [1.29, 1.82) is 0 Å². The van der Waals surface area contributed by atoms with Gasteiger partial charge in [-0.3, -0.25) is 4.98 Å². The van der Waals surface area contributed by atoms with Gasteiger partial charge in [0.1, 0.15) is 0 Å². The molecule has 2 heterocycles. The van der Waals surface area contributed by atoms with E-state index in [2.05, 4.69) is 33.0 Å². The molecule has 21 heavy (non-hydrogen) atoms. The van der Waals surface area contributed by atoms with Crippen LogP contribution in [-0.4, -0.2) is 20.6 Å². The Balaban J connectivity index is 1.88. The molecule has 0 radical (unpaired) electrons. The van der Waals surface area contributed by atoms with Crippen LogP contribution in [0.1, 0.15) is 11.1 Å². The third kappa shape index (κ3) is 2.72. The summed E-state index contributed by atoms with van der Waals surface area (Å²) in [6.45, 7) is 0.856. The van der Waals surface area contributed by atoms with E-state index in [-0.39, 0.29) is 5.84 Å². The summed E-state index contributed by atoms with van der Waals surface area (Å²) in [6, 6.07) is 11.8. The number of amidine groups is 1. The largest absolute Gasteiger partial charge is 0.409 e. The zero-order valence-corrected chi connectivity index (χ0v) is 11.5. The van der Waals surface area contributed by atoms with Crippen LogP contribution in [0.5, 0.6) is 0 Å². The number of benzene rings is 1. The molecule has 0 amide bonds. The zero-order chi connectivity index (χ0) is 14.7. The van der Waals surface area contributed by atoms with Crippen LogP contribution >= 0.6 is 0 Å². The first-order valence-electron chi connectivity index (χ1n) is 6.73. The average molecular weight is 280 g/mol. The van der Waals surface area contributed by atoms with Gasteiger partial charge in [0.2, 0.25) is 0 Å². The van der Waals surface area contributed by atoms with Gasteiger partial charge in [0.25, 0.3) is 0 Å². The van der Waals surface area contributed by atoms with E-state index in [1.807, 2.05) is 30.5 Å². The molecule has 0 saturated heterocycles. The summed E-state index contributed by atoms with van der Waals surface area (Å²) in [5.41, 5.74) is 8.64. The van der Waals surface area contributed by atoms with Crippen LogP contribution < -0.4 is 5.73 Å². The number of nitrogens with two attached hydrogens (primary N) is 1.